The summed E-state index contributed by atoms with van der Waals surface area (Å²) in [6, 6.07) is 51.4. The van der Waals surface area contributed by atoms with Gasteiger partial charge in [-0.15, -0.1) is 0 Å². The average molecular weight is 1840 g/mol. The zero-order valence-corrected chi connectivity index (χ0v) is 85.7. The van der Waals surface area contributed by atoms with Crippen molar-refractivity contribution in [1.82, 2.24) is 39.9 Å². The van der Waals surface area contributed by atoms with Crippen LogP contribution >= 0.6 is 0 Å². The Morgan fingerprint density at radius 2 is 0.390 bits per heavy atom. The lowest BCUT2D eigenvalue weighted by Crippen LogP contribution is -2.13. The van der Waals surface area contributed by atoms with Crippen molar-refractivity contribution in [3.05, 3.63) is 146 Å². The van der Waals surface area contributed by atoms with Crippen LogP contribution in [-0.2, 0) is 0 Å². The summed E-state index contributed by atoms with van der Waals surface area (Å²) in [5, 5.41) is 3.22. The Morgan fingerprint density at radius 1 is 0.199 bits per heavy atom. The minimum absolute atomic E-state index is 0.344. The quantitative estimate of drug-likeness (QED) is 0.0367. The molecule has 0 saturated heterocycles. The molecule has 8 unspecified atom stereocenters. The Labute approximate surface area is 815 Å². The highest BCUT2D eigenvalue weighted by atomic mass is 16.5. The van der Waals surface area contributed by atoms with E-state index in [1.54, 1.807) is 0 Å². The molecule has 2 aliphatic heterocycles. The first-order valence-corrected chi connectivity index (χ1v) is 53.7. The van der Waals surface area contributed by atoms with Crippen LogP contribution in [0.15, 0.2) is 146 Å². The molecule has 3 aromatic heterocycles. The van der Waals surface area contributed by atoms with Crippen molar-refractivity contribution in [3.63, 3.8) is 0 Å². The van der Waals surface area contributed by atoms with E-state index in [0.29, 0.717) is 146 Å². The van der Waals surface area contributed by atoms with E-state index in [0.717, 1.165) is 340 Å². The van der Waals surface area contributed by atoms with E-state index in [9.17, 15) is 0 Å². The molecule has 8 aromatic carbocycles. The van der Waals surface area contributed by atoms with Gasteiger partial charge in [-0.05, 0) is 147 Å². The third kappa shape index (κ3) is 25.5. The molecule has 0 radical (unpaired) electrons. The number of fused-ring (bicyclic) bond motifs is 20. The van der Waals surface area contributed by atoms with Crippen LogP contribution < -0.4 is 37.9 Å². The topological polar surface area (TPSA) is 183 Å². The van der Waals surface area contributed by atoms with Crippen molar-refractivity contribution >= 4 is 44.1 Å². The lowest BCUT2D eigenvalue weighted by molar-refractivity contribution is 0.224. The predicted molar refractivity (Wildman–Crippen MR) is 568 cm³/mol. The number of nitrogens with one attached hydrogen (secondary N) is 2. The van der Waals surface area contributed by atoms with Gasteiger partial charge in [-0.1, -0.05) is 362 Å². The van der Waals surface area contributed by atoms with Crippen LogP contribution in [0.25, 0.3) is 134 Å². The van der Waals surface area contributed by atoms with E-state index >= 15 is 0 Å². The second kappa shape index (κ2) is 52.9. The fourth-order valence-corrected chi connectivity index (χ4v) is 19.7. The van der Waals surface area contributed by atoms with E-state index in [1.165, 1.54) is 0 Å². The third-order valence-electron chi connectivity index (χ3n) is 29.1. The van der Waals surface area contributed by atoms with Crippen molar-refractivity contribution in [2.24, 2.45) is 47.3 Å². The second-order valence-corrected chi connectivity index (χ2v) is 38.9. The summed E-state index contributed by atoms with van der Waals surface area (Å²) in [6.45, 7) is 40.9. The molecule has 16 heteroatoms. The normalized spacial score (nSPS) is 13.6. The summed E-state index contributed by atoms with van der Waals surface area (Å²) in [5.74, 6) is 10.4. The van der Waals surface area contributed by atoms with Crippen LogP contribution in [0.2, 0.25) is 0 Å². The van der Waals surface area contributed by atoms with E-state index in [-0.39, 0.29) is 0 Å². The second-order valence-electron chi connectivity index (χ2n) is 38.9. The highest BCUT2D eigenvalue weighted by Crippen LogP contribution is 2.53. The molecule has 2 aliphatic rings. The van der Waals surface area contributed by atoms with E-state index in [2.05, 4.69) is 266 Å². The van der Waals surface area contributed by atoms with Gasteiger partial charge in [-0.25, -0.2) is 29.9 Å². The Hall–Kier alpha value is -10.5. The largest absolute Gasteiger partial charge is 0.493 e. The Bertz CT molecular complexity index is 5270. The van der Waals surface area contributed by atoms with E-state index in [1.807, 2.05) is 0 Å². The number of rotatable bonds is 60. The van der Waals surface area contributed by atoms with Gasteiger partial charge in [-0.2, -0.15) is 0 Å². The van der Waals surface area contributed by atoms with Gasteiger partial charge in [0.15, 0.2) is 23.3 Å². The first-order valence-electron chi connectivity index (χ1n) is 53.7. The van der Waals surface area contributed by atoms with E-state index in [4.69, 9.17) is 67.8 Å². The van der Waals surface area contributed by atoms with Gasteiger partial charge >= 0.3 is 0 Å². The maximum absolute atomic E-state index is 7.32. The summed E-state index contributed by atoms with van der Waals surface area (Å²) in [4.78, 5) is 44.1. The number of aromatic amines is 2. The lowest BCUT2D eigenvalue weighted by atomic mass is 9.94. The molecule has 8 atom stereocenters. The Kier molecular flexibility index (Phi) is 40.0. The fourth-order valence-electron chi connectivity index (χ4n) is 19.7. The van der Waals surface area contributed by atoms with E-state index < -0.39 is 0 Å². The predicted octanol–water partition coefficient (Wildman–Crippen LogP) is 34.3. The molecule has 136 heavy (non-hydrogen) atoms. The smallest absolute Gasteiger partial charge is 0.165 e. The van der Waals surface area contributed by atoms with Crippen LogP contribution in [0.5, 0.6) is 46.0 Å². The Morgan fingerprint density at radius 3 is 0.610 bits per heavy atom. The zero-order chi connectivity index (χ0) is 95.7. The molecule has 13 rings (SSSR count). The molecule has 0 amide bonds. The van der Waals surface area contributed by atoms with Gasteiger partial charge in [0, 0.05) is 66.1 Å². The number of aromatic nitrogens is 8. The Balaban J connectivity index is 1.20. The molecule has 0 spiro atoms. The van der Waals surface area contributed by atoms with Gasteiger partial charge in [0.2, 0.25) is 0 Å². The number of hydrogen-bond donors (Lipinski definition) is 2. The number of benzene rings is 8. The minimum Gasteiger partial charge on any atom is -0.493 e. The molecule has 730 valence electrons. The highest BCUT2D eigenvalue weighted by Gasteiger charge is 2.34. The van der Waals surface area contributed by atoms with Crippen molar-refractivity contribution in [2.75, 3.05) is 52.9 Å². The number of hydrogen-bond acceptors (Lipinski definition) is 14. The molecule has 0 aliphatic carbocycles. The number of unbranched alkanes of at least 4 members (excludes halogenated alkanes) is 8. The molecule has 0 saturated carbocycles. The zero-order valence-electron chi connectivity index (χ0n) is 85.7. The van der Waals surface area contributed by atoms with Gasteiger partial charge in [0.05, 0.1) is 75.1 Å². The van der Waals surface area contributed by atoms with Crippen LogP contribution in [0.3, 0.4) is 0 Å². The summed E-state index contributed by atoms with van der Waals surface area (Å²) in [6.07, 6.45) is 34.4. The average Bonchev–Trinajstić information content (AvgIpc) is 1.57. The molecule has 8 bridgehead atoms. The first-order chi connectivity index (χ1) is 66.8. The van der Waals surface area contributed by atoms with Crippen molar-refractivity contribution in [2.45, 2.75) is 316 Å². The molecular formula is C120H162N8O8. The summed E-state index contributed by atoms with van der Waals surface area (Å²) >= 11 is 0. The number of ether oxygens (including phenoxy) is 8. The van der Waals surface area contributed by atoms with Crippen LogP contribution in [0.1, 0.15) is 316 Å². The van der Waals surface area contributed by atoms with Crippen LogP contribution in [0, 0.1) is 47.3 Å². The highest BCUT2D eigenvalue weighted by molar-refractivity contribution is 6.16. The lowest BCUT2D eigenvalue weighted by Gasteiger charge is -2.22. The van der Waals surface area contributed by atoms with Gasteiger partial charge in [0.1, 0.15) is 68.6 Å². The number of H-pyrrole nitrogens is 2. The minimum atomic E-state index is 0.344. The first kappa shape index (κ1) is 103. The van der Waals surface area contributed by atoms with Gasteiger partial charge < -0.3 is 47.9 Å². The van der Waals surface area contributed by atoms with Gasteiger partial charge in [-0.3, -0.25) is 0 Å². The monoisotopic (exact) mass is 1840 g/mol. The van der Waals surface area contributed by atoms with Crippen molar-refractivity contribution in [1.29, 1.82) is 0 Å². The maximum atomic E-state index is 7.32. The summed E-state index contributed by atoms with van der Waals surface area (Å²) in [7, 11) is 0. The molecular weight excluding hydrogens is 1680 g/mol. The fraction of sp³-hybridized carbons (Fsp3) is 0.533. The maximum Gasteiger partial charge on any atom is 0.165 e. The van der Waals surface area contributed by atoms with Crippen molar-refractivity contribution in [3.8, 4) is 136 Å². The molecule has 11 aromatic rings. The molecule has 5 heterocycles. The third-order valence-corrected chi connectivity index (χ3v) is 29.1. The number of nitrogens with zero attached hydrogens (tertiary/aromatic N) is 6. The molecule has 0 fully saturated rings. The van der Waals surface area contributed by atoms with Gasteiger partial charge in [0.25, 0.3) is 0 Å². The molecule has 2 N–H and O–H groups in total. The van der Waals surface area contributed by atoms with Crippen LogP contribution in [0.4, 0.5) is 0 Å². The summed E-state index contributed by atoms with van der Waals surface area (Å²) in [5.41, 5.74) is 12.0. The SMILES string of the molecule is CCCCC(CC)COc1cccc(OCC(CC)CCCC)c1-c1cccc2c1-c1nc-2nc2[nH]c(nc3nc(nc4[nH]c(n1)c1cccc(-c5c(OCC(CC)CCCC)cccc5OCC(CC)CCCC)c41)-c1cccc(-c4c(OCC(CC)CCCC)cccc4OCC(CC)CCCC)c1-3)c1cccc(-c3c(OCC(CC)CCCC)cccc3OCC(CC)CCCC)c21. The molecule has 16 nitrogen and oxygen atoms in total. The standard InChI is InChI=1S/C120H162N8O8/c1-17-33-49-81(25-9)73-129-97-65-45-66-98(130-74-82(26-10)50-34-18-2)109(97)89-57-41-61-93-105(89)117-121-113(93)126-118-107-91(111-101(133-77-85(29-13)53-37-21-5)69-47-70-102(111)134-78-86(30-14)54-38-22-6)59-43-63-95(107)115(123-118)128-120-108-92(112-103(135-79-87(31-15)55-39-23-7)71-48-72-104(112)136-80-88(32-16)56-40-24-8)60-44-64-96(108)116(124-120)127-119-106-90(58-42-62-94(106)114(122-119)125-117)110-99(131-75-83(27-11)51-35-19-3)67-46-68-100(110)132-76-84(28-12)52-36-20-4/h41-48,57-72,81-88H,17-40,49-56,73-80H2,1-16H3,(H2,121,122,123,124,125,126,127,128). The summed E-state index contributed by atoms with van der Waals surface area (Å²) < 4.78 is 58.6. The van der Waals surface area contributed by atoms with Crippen LogP contribution in [-0.4, -0.2) is 92.7 Å². The van der Waals surface area contributed by atoms with Crippen molar-refractivity contribution < 1.29 is 37.9 Å².